The molecule has 0 heterocycles. The van der Waals surface area contributed by atoms with Gasteiger partial charge in [-0.15, -0.1) is 0 Å². The highest BCUT2D eigenvalue weighted by molar-refractivity contribution is 5.75. The molecule has 0 aliphatic rings. The number of hydrogen-bond acceptors (Lipinski definition) is 1. The van der Waals surface area contributed by atoms with Crippen LogP contribution in [0, 0.1) is 0 Å². The first-order valence-corrected chi connectivity index (χ1v) is 1.95. The van der Waals surface area contributed by atoms with E-state index in [1.807, 2.05) is 6.92 Å². The van der Waals surface area contributed by atoms with E-state index in [0.29, 0.717) is 0 Å². The zero-order valence-electron chi connectivity index (χ0n) is 3.73. The lowest BCUT2D eigenvalue weighted by atomic mass is 10.3. The number of rotatable bonds is 1. The van der Waals surface area contributed by atoms with Gasteiger partial charge < -0.3 is 5.11 Å². The van der Waals surface area contributed by atoms with Gasteiger partial charge in [-0.25, -0.2) is 0 Å². The summed E-state index contributed by atoms with van der Waals surface area (Å²) in [5.41, 5.74) is 0. The highest BCUT2D eigenvalue weighted by Gasteiger charge is 1.81. The molecule has 0 aliphatic carbocycles. The van der Waals surface area contributed by atoms with E-state index >= 15 is 0 Å². The molecule has 0 aromatic rings. The Morgan fingerprint density at radius 1 is 1.67 bits per heavy atom. The lowest BCUT2D eigenvalue weighted by Crippen LogP contribution is -1.93. The van der Waals surface area contributed by atoms with Gasteiger partial charge in [0.1, 0.15) is 0 Å². The summed E-state index contributed by atoms with van der Waals surface area (Å²) in [7, 11) is 0. The molecule has 0 fully saturated rings. The third kappa shape index (κ3) is 8.90. The zero-order valence-corrected chi connectivity index (χ0v) is 3.73. The molecule has 0 radical (unpaired) electrons. The fourth-order valence-electron chi connectivity index (χ4n) is 0. The first kappa shape index (κ1) is 9.49. The molecule has 1 unspecified atom stereocenters. The Bertz CT molecular complexity index is 21.5. The number of aliphatic hydroxyl groups excluding tert-OH is 1. The van der Waals surface area contributed by atoms with Crippen LogP contribution in [-0.2, 0) is 0 Å². The van der Waals surface area contributed by atoms with E-state index in [2.05, 4.69) is 0 Å². The largest absolute Gasteiger partial charge is 0.393 e. The Morgan fingerprint density at radius 2 is 1.83 bits per heavy atom. The average Bonchev–Trinajstić information content (AvgIpc) is 1.38. The van der Waals surface area contributed by atoms with Crippen LogP contribution in [0.15, 0.2) is 0 Å². The number of aliphatic hydroxyl groups is 1. The zero-order chi connectivity index (χ0) is 4.28. The Kier molecular flexibility index (Phi) is 8.19. The van der Waals surface area contributed by atoms with Crippen LogP contribution in [0.2, 0.25) is 0 Å². The normalized spacial score (nSPS) is 12.5. The predicted octanol–water partition coefficient (Wildman–Crippen LogP) is -0.674. The van der Waals surface area contributed by atoms with Crippen molar-refractivity contribution >= 4 is 11.0 Å². The van der Waals surface area contributed by atoms with Gasteiger partial charge in [0, 0.05) is 0 Å². The minimum absolute atomic E-state index is 0. The molecule has 2 heteroatoms. The molecule has 1 N–H and O–H groups in total. The van der Waals surface area contributed by atoms with Crippen molar-refractivity contribution in [1.82, 2.24) is 0 Å². The molecule has 0 rings (SSSR count). The van der Waals surface area contributed by atoms with E-state index in [9.17, 15) is 0 Å². The Morgan fingerprint density at radius 3 is 1.83 bits per heavy atom. The predicted molar refractivity (Wildman–Crippen MR) is 33.3 cm³/mol. The molecule has 0 aromatic heterocycles. The molecule has 40 valence electrons. The lowest BCUT2D eigenvalue weighted by molar-refractivity contribution is 0.191. The van der Waals surface area contributed by atoms with Crippen molar-refractivity contribution < 1.29 is 5.11 Å². The summed E-state index contributed by atoms with van der Waals surface area (Å²) in [6.45, 7) is 3.73. The van der Waals surface area contributed by atoms with E-state index in [1.54, 1.807) is 6.92 Å². The average molecular weight is 106 g/mol. The van der Waals surface area contributed by atoms with Gasteiger partial charge in [0.15, 0.2) is 0 Å². The molecule has 1 nitrogen and oxygen atoms in total. The van der Waals surface area contributed by atoms with E-state index in [4.69, 9.17) is 5.11 Å². The van der Waals surface area contributed by atoms with Crippen LogP contribution in [0.4, 0.5) is 0 Å². The first-order valence-electron chi connectivity index (χ1n) is 1.95. The van der Waals surface area contributed by atoms with Crippen molar-refractivity contribution in [2.75, 3.05) is 0 Å². The van der Waals surface area contributed by atoms with Crippen LogP contribution < -0.4 is 0 Å². The molecule has 1 atom stereocenters. The summed E-state index contributed by atoms with van der Waals surface area (Å²) in [4.78, 5) is 0. The van der Waals surface area contributed by atoms with Crippen LogP contribution in [-0.4, -0.2) is 22.2 Å². The topological polar surface area (TPSA) is 20.2 Å². The molecule has 0 aromatic carbocycles. The lowest BCUT2D eigenvalue weighted by Gasteiger charge is -1.90. The second-order valence-electron chi connectivity index (χ2n) is 1.26. The summed E-state index contributed by atoms with van der Waals surface area (Å²) >= 11 is 0. The first-order chi connectivity index (χ1) is 2.27. The van der Waals surface area contributed by atoms with Crippen LogP contribution >= 0.6 is 0 Å². The van der Waals surface area contributed by atoms with Gasteiger partial charge in [0.05, 0.1) is 6.10 Å². The van der Waals surface area contributed by atoms with Gasteiger partial charge in [-0.3, -0.25) is 0 Å². The van der Waals surface area contributed by atoms with Crippen molar-refractivity contribution in [2.45, 2.75) is 26.4 Å². The third-order valence-corrected chi connectivity index (χ3v) is 0.591. The van der Waals surface area contributed by atoms with Crippen LogP contribution in [0.3, 0.4) is 0 Å². The van der Waals surface area contributed by atoms with E-state index in [1.165, 1.54) is 0 Å². The highest BCUT2D eigenvalue weighted by Crippen LogP contribution is 1.81. The molecule has 0 amide bonds. The third-order valence-electron chi connectivity index (χ3n) is 0.591. The summed E-state index contributed by atoms with van der Waals surface area (Å²) in [5.74, 6) is 0. The summed E-state index contributed by atoms with van der Waals surface area (Å²) < 4.78 is 0. The minimum Gasteiger partial charge on any atom is -0.393 e. The minimum atomic E-state index is -0.116. The van der Waals surface area contributed by atoms with E-state index < -0.39 is 0 Å². The van der Waals surface area contributed by atoms with Crippen molar-refractivity contribution in [1.29, 1.82) is 0 Å². The highest BCUT2D eigenvalue weighted by atomic mass is 28.1. The van der Waals surface area contributed by atoms with Gasteiger partial charge in [-0.1, -0.05) is 6.92 Å². The second-order valence-corrected chi connectivity index (χ2v) is 1.26. The quantitative estimate of drug-likeness (QED) is 0.439. The monoisotopic (exact) mass is 106 g/mol. The number of hydrogen-bond donors (Lipinski definition) is 1. The van der Waals surface area contributed by atoms with Crippen molar-refractivity contribution in [3.63, 3.8) is 0 Å². The van der Waals surface area contributed by atoms with Crippen molar-refractivity contribution in [3.8, 4) is 0 Å². The molecular weight excluding hydrogens is 92.1 g/mol. The SMILES string of the molecule is CCC(C)O.[SiH4]. The smallest absolute Gasteiger partial charge is 0.0509 e. The molecule has 6 heavy (non-hydrogen) atoms. The fraction of sp³-hybridized carbons (Fsp3) is 1.00. The molecule has 0 aliphatic heterocycles. The van der Waals surface area contributed by atoms with E-state index in [-0.39, 0.29) is 17.1 Å². The summed E-state index contributed by atoms with van der Waals surface area (Å²) in [6, 6.07) is 0. The molecule has 0 spiro atoms. The summed E-state index contributed by atoms with van der Waals surface area (Å²) in [5, 5.41) is 8.36. The Balaban J connectivity index is 0. The fourth-order valence-corrected chi connectivity index (χ4v) is 0. The maximum atomic E-state index is 8.36. The summed E-state index contributed by atoms with van der Waals surface area (Å²) in [6.07, 6.45) is 0.745. The Hall–Kier alpha value is 0.177. The van der Waals surface area contributed by atoms with Gasteiger partial charge in [0.25, 0.3) is 0 Å². The van der Waals surface area contributed by atoms with Crippen LogP contribution in [0.25, 0.3) is 0 Å². The molecule has 0 saturated carbocycles. The van der Waals surface area contributed by atoms with Gasteiger partial charge >= 0.3 is 0 Å². The maximum Gasteiger partial charge on any atom is 0.0509 e. The van der Waals surface area contributed by atoms with Crippen LogP contribution in [0.1, 0.15) is 20.3 Å². The standard InChI is InChI=1S/C4H10O.H4Si/c1-3-4(2)5;/h4-5H,3H2,1-2H3;1H4. The second kappa shape index (κ2) is 5.18. The van der Waals surface area contributed by atoms with Crippen molar-refractivity contribution in [3.05, 3.63) is 0 Å². The Labute approximate surface area is 43.4 Å². The van der Waals surface area contributed by atoms with Crippen molar-refractivity contribution in [2.24, 2.45) is 0 Å². The molecular formula is C4H14OSi. The maximum absolute atomic E-state index is 8.36. The molecule has 0 bridgehead atoms. The van der Waals surface area contributed by atoms with Crippen LogP contribution in [0.5, 0.6) is 0 Å². The van der Waals surface area contributed by atoms with E-state index in [0.717, 1.165) is 6.42 Å². The van der Waals surface area contributed by atoms with Gasteiger partial charge in [-0.05, 0) is 24.3 Å². The van der Waals surface area contributed by atoms with Gasteiger partial charge in [0.2, 0.25) is 0 Å². The molecule has 0 saturated heterocycles. The van der Waals surface area contributed by atoms with Gasteiger partial charge in [-0.2, -0.15) is 0 Å².